The maximum atomic E-state index is 13.1. The van der Waals surface area contributed by atoms with Crippen LogP contribution in [0.3, 0.4) is 0 Å². The second-order valence-corrected chi connectivity index (χ2v) is 8.60. The van der Waals surface area contributed by atoms with Gasteiger partial charge >= 0.3 is 12.1 Å². The SMILES string of the molecule is C#CCC(NC(=O)OCC1c2ccccc2-c2ccccc21)C(=O)N1CCC[C@@]1(C)C(=O)O. The summed E-state index contributed by atoms with van der Waals surface area (Å²) in [5, 5.41) is 12.2. The van der Waals surface area contributed by atoms with E-state index in [9.17, 15) is 19.5 Å². The number of carbonyl (C=O) groups excluding carboxylic acids is 2. The van der Waals surface area contributed by atoms with Gasteiger partial charge in [0.15, 0.2) is 0 Å². The molecule has 0 aromatic heterocycles. The van der Waals surface area contributed by atoms with Crippen LogP contribution in [0.5, 0.6) is 0 Å². The van der Waals surface area contributed by atoms with E-state index in [4.69, 9.17) is 11.2 Å². The Bertz CT molecular complexity index is 1090. The zero-order valence-electron chi connectivity index (χ0n) is 18.4. The van der Waals surface area contributed by atoms with Crippen molar-refractivity contribution in [1.82, 2.24) is 10.2 Å². The summed E-state index contributed by atoms with van der Waals surface area (Å²) in [4.78, 5) is 38.7. The molecule has 0 spiro atoms. The van der Waals surface area contributed by atoms with Gasteiger partial charge in [-0.05, 0) is 42.0 Å². The summed E-state index contributed by atoms with van der Waals surface area (Å²) in [6.07, 6.45) is 5.52. The Balaban J connectivity index is 1.45. The number of rotatable bonds is 6. The van der Waals surface area contributed by atoms with Crippen LogP contribution in [0.2, 0.25) is 0 Å². The monoisotopic (exact) mass is 446 g/mol. The summed E-state index contributed by atoms with van der Waals surface area (Å²) >= 11 is 0. The third-order valence-corrected chi connectivity index (χ3v) is 6.62. The van der Waals surface area contributed by atoms with Crippen LogP contribution >= 0.6 is 0 Å². The van der Waals surface area contributed by atoms with Crippen molar-refractivity contribution in [2.75, 3.05) is 13.2 Å². The quantitative estimate of drug-likeness (QED) is 0.664. The summed E-state index contributed by atoms with van der Waals surface area (Å²) in [5.41, 5.74) is 3.08. The first-order valence-electron chi connectivity index (χ1n) is 11.0. The zero-order valence-corrected chi connectivity index (χ0v) is 18.4. The van der Waals surface area contributed by atoms with Crippen LogP contribution < -0.4 is 5.32 Å². The predicted molar refractivity (Wildman–Crippen MR) is 122 cm³/mol. The van der Waals surface area contributed by atoms with Crippen LogP contribution in [-0.2, 0) is 14.3 Å². The number of aliphatic carboxylic acids is 1. The summed E-state index contributed by atoms with van der Waals surface area (Å²) in [7, 11) is 0. The molecule has 1 fully saturated rings. The number of likely N-dealkylation sites (tertiary alicyclic amines) is 1. The highest BCUT2D eigenvalue weighted by Crippen LogP contribution is 2.44. The van der Waals surface area contributed by atoms with E-state index in [1.807, 2.05) is 48.5 Å². The van der Waals surface area contributed by atoms with E-state index < -0.39 is 29.6 Å². The first kappa shape index (κ1) is 22.4. The molecule has 2 N–H and O–H groups in total. The molecule has 2 aromatic carbocycles. The number of hydrogen-bond donors (Lipinski definition) is 2. The number of benzene rings is 2. The number of alkyl carbamates (subject to hydrolysis) is 1. The molecule has 7 heteroatoms. The Morgan fingerprint density at radius 1 is 1.18 bits per heavy atom. The van der Waals surface area contributed by atoms with Crippen molar-refractivity contribution in [3.63, 3.8) is 0 Å². The van der Waals surface area contributed by atoms with Gasteiger partial charge in [0.1, 0.15) is 18.2 Å². The third kappa shape index (κ3) is 4.05. The van der Waals surface area contributed by atoms with E-state index in [2.05, 4.69) is 11.2 Å². The van der Waals surface area contributed by atoms with Crippen LogP contribution in [0.15, 0.2) is 48.5 Å². The van der Waals surface area contributed by atoms with Crippen LogP contribution in [0.4, 0.5) is 4.79 Å². The number of carboxylic acids is 1. The molecule has 2 amide bonds. The van der Waals surface area contributed by atoms with Crippen LogP contribution in [0, 0.1) is 12.3 Å². The Morgan fingerprint density at radius 2 is 1.79 bits per heavy atom. The average molecular weight is 447 g/mol. The molecule has 1 saturated heterocycles. The number of terminal acetylenes is 1. The van der Waals surface area contributed by atoms with Crippen molar-refractivity contribution in [3.05, 3.63) is 59.7 Å². The molecule has 1 unspecified atom stereocenters. The van der Waals surface area contributed by atoms with Gasteiger partial charge in [0, 0.05) is 18.9 Å². The molecule has 0 radical (unpaired) electrons. The van der Waals surface area contributed by atoms with Crippen LogP contribution in [-0.4, -0.2) is 52.7 Å². The maximum absolute atomic E-state index is 13.1. The Labute approximate surface area is 192 Å². The van der Waals surface area contributed by atoms with Crippen LogP contribution in [0.25, 0.3) is 11.1 Å². The van der Waals surface area contributed by atoms with E-state index in [1.54, 1.807) is 0 Å². The second kappa shape index (κ2) is 8.99. The second-order valence-electron chi connectivity index (χ2n) is 8.60. The molecule has 0 bridgehead atoms. The molecule has 1 heterocycles. The van der Waals surface area contributed by atoms with Crippen molar-refractivity contribution in [2.45, 2.75) is 43.7 Å². The summed E-state index contributed by atoms with van der Waals surface area (Å²) in [6, 6.07) is 14.9. The average Bonchev–Trinajstić information content (AvgIpc) is 3.36. The van der Waals surface area contributed by atoms with E-state index >= 15 is 0 Å². The van der Waals surface area contributed by atoms with Gasteiger partial charge in [0.2, 0.25) is 5.91 Å². The number of carbonyl (C=O) groups is 3. The van der Waals surface area contributed by atoms with Gasteiger partial charge in [-0.3, -0.25) is 4.79 Å². The van der Waals surface area contributed by atoms with E-state index in [-0.39, 0.29) is 18.9 Å². The maximum Gasteiger partial charge on any atom is 0.407 e. The fraction of sp³-hybridized carbons (Fsp3) is 0.346. The van der Waals surface area contributed by atoms with Gasteiger partial charge in [0.25, 0.3) is 0 Å². The lowest BCUT2D eigenvalue weighted by Crippen LogP contribution is -2.57. The standard InChI is InChI=1S/C26H26N2O5/c1-3-9-22(23(29)28-15-8-14-26(28,2)24(30)31)27-25(32)33-16-21-19-12-6-4-10-17(19)18-11-5-7-13-20(18)21/h1,4-7,10-13,21-22H,8-9,14-16H2,2H3,(H,27,32)(H,30,31)/t22?,26-/m0/s1. The first-order valence-corrected chi connectivity index (χ1v) is 11.0. The number of hydrogen-bond acceptors (Lipinski definition) is 4. The Morgan fingerprint density at radius 3 is 2.36 bits per heavy atom. The highest BCUT2D eigenvalue weighted by Gasteiger charge is 2.47. The van der Waals surface area contributed by atoms with Gasteiger partial charge in [-0.15, -0.1) is 12.3 Å². The predicted octanol–water partition coefficient (Wildman–Crippen LogP) is 3.38. The molecule has 1 aliphatic carbocycles. The van der Waals surface area contributed by atoms with E-state index in [1.165, 1.54) is 11.8 Å². The number of nitrogens with one attached hydrogen (secondary N) is 1. The summed E-state index contributed by atoms with van der Waals surface area (Å²) in [6.45, 7) is 1.92. The Kier molecular flexibility index (Phi) is 6.10. The molecule has 2 aliphatic rings. The molecular weight excluding hydrogens is 420 g/mol. The lowest BCUT2D eigenvalue weighted by molar-refractivity contribution is -0.156. The molecule has 170 valence electrons. The fourth-order valence-electron chi connectivity index (χ4n) is 4.83. The van der Waals surface area contributed by atoms with Crippen molar-refractivity contribution >= 4 is 18.0 Å². The van der Waals surface area contributed by atoms with E-state index in [0.29, 0.717) is 19.4 Å². The van der Waals surface area contributed by atoms with E-state index in [0.717, 1.165) is 22.3 Å². The molecular formula is C26H26N2O5. The molecule has 7 nitrogen and oxygen atoms in total. The molecule has 2 aromatic rings. The van der Waals surface area contributed by atoms with Gasteiger partial charge in [-0.1, -0.05) is 48.5 Å². The number of fused-ring (bicyclic) bond motifs is 3. The number of ether oxygens (including phenoxy) is 1. The largest absolute Gasteiger partial charge is 0.480 e. The summed E-state index contributed by atoms with van der Waals surface area (Å²) < 4.78 is 5.52. The van der Waals surface area contributed by atoms with Crippen molar-refractivity contribution in [1.29, 1.82) is 0 Å². The topological polar surface area (TPSA) is 95.9 Å². The number of amides is 2. The highest BCUT2D eigenvalue weighted by molar-refractivity contribution is 5.92. The number of carboxylic acid groups (broad SMARTS) is 1. The molecule has 33 heavy (non-hydrogen) atoms. The molecule has 0 saturated carbocycles. The third-order valence-electron chi connectivity index (χ3n) is 6.62. The van der Waals surface area contributed by atoms with Gasteiger partial charge in [-0.2, -0.15) is 0 Å². The zero-order chi connectivity index (χ0) is 23.6. The minimum absolute atomic E-state index is 0.0603. The number of nitrogens with zero attached hydrogens (tertiary/aromatic N) is 1. The summed E-state index contributed by atoms with van der Waals surface area (Å²) in [5.74, 6) is 0.695. The molecule has 1 aliphatic heterocycles. The Hall–Kier alpha value is -3.79. The van der Waals surface area contributed by atoms with Gasteiger partial charge < -0.3 is 20.1 Å². The van der Waals surface area contributed by atoms with Crippen molar-refractivity contribution in [3.8, 4) is 23.5 Å². The minimum atomic E-state index is -1.31. The van der Waals surface area contributed by atoms with Gasteiger partial charge in [0.05, 0.1) is 0 Å². The fourth-order valence-corrected chi connectivity index (χ4v) is 4.83. The smallest absolute Gasteiger partial charge is 0.407 e. The van der Waals surface area contributed by atoms with Crippen molar-refractivity contribution in [2.24, 2.45) is 0 Å². The first-order chi connectivity index (χ1) is 15.9. The molecule has 2 atom stereocenters. The lowest BCUT2D eigenvalue weighted by atomic mass is 9.98. The minimum Gasteiger partial charge on any atom is -0.480 e. The van der Waals surface area contributed by atoms with Crippen molar-refractivity contribution < 1.29 is 24.2 Å². The highest BCUT2D eigenvalue weighted by atomic mass is 16.5. The van der Waals surface area contributed by atoms with Crippen LogP contribution in [0.1, 0.15) is 43.2 Å². The normalized spacial score (nSPS) is 19.8. The van der Waals surface area contributed by atoms with Gasteiger partial charge in [-0.25, -0.2) is 9.59 Å². The molecule has 4 rings (SSSR count). The lowest BCUT2D eigenvalue weighted by Gasteiger charge is -2.33.